The van der Waals surface area contributed by atoms with Crippen LogP contribution in [-0.2, 0) is 6.54 Å². The van der Waals surface area contributed by atoms with Crippen LogP contribution < -0.4 is 5.32 Å². The zero-order valence-electron chi connectivity index (χ0n) is 11.9. The Kier molecular flexibility index (Phi) is 4.23. The zero-order chi connectivity index (χ0) is 13.0. The molecule has 0 bridgehead atoms. The molecule has 0 fully saturated rings. The molecule has 98 valence electrons. The normalized spacial score (nSPS) is 23.3. The fourth-order valence-corrected chi connectivity index (χ4v) is 2.66. The van der Waals surface area contributed by atoms with E-state index < -0.39 is 0 Å². The van der Waals surface area contributed by atoms with Crippen LogP contribution in [0.5, 0.6) is 0 Å². The summed E-state index contributed by atoms with van der Waals surface area (Å²) in [6.07, 6.45) is 6.09. The summed E-state index contributed by atoms with van der Waals surface area (Å²) in [7, 11) is 0. The predicted octanol–water partition coefficient (Wildman–Crippen LogP) is 4.30. The highest BCUT2D eigenvalue weighted by molar-refractivity contribution is 5.15. The average Bonchev–Trinajstić information content (AvgIpc) is 2.49. The molecule has 1 N–H and O–H groups in total. The Bertz CT molecular complexity index is 403. The Morgan fingerprint density at radius 3 is 2.67 bits per heavy atom. The maximum Gasteiger partial charge on any atom is 0.0208 e. The number of rotatable bonds is 3. The summed E-state index contributed by atoms with van der Waals surface area (Å²) in [5, 5.41) is 3.76. The van der Waals surface area contributed by atoms with Crippen LogP contribution in [0.4, 0.5) is 0 Å². The molecule has 1 aromatic carbocycles. The van der Waals surface area contributed by atoms with Gasteiger partial charge in [0.1, 0.15) is 0 Å². The molecule has 2 rings (SSSR count). The highest BCUT2D eigenvalue weighted by atomic mass is 14.9. The van der Waals surface area contributed by atoms with Crippen molar-refractivity contribution in [3.8, 4) is 0 Å². The lowest BCUT2D eigenvalue weighted by Gasteiger charge is -2.33. The third-order valence-electron chi connectivity index (χ3n) is 4.14. The van der Waals surface area contributed by atoms with Gasteiger partial charge in [-0.1, -0.05) is 55.8 Å². The van der Waals surface area contributed by atoms with E-state index in [0.29, 0.717) is 11.5 Å². The van der Waals surface area contributed by atoms with Crippen molar-refractivity contribution in [1.29, 1.82) is 0 Å². The SMILES string of the molecule is CC1=CCC(C)(C)C(NCc2ccccc2)CC1. The van der Waals surface area contributed by atoms with Crippen LogP contribution >= 0.6 is 0 Å². The molecule has 0 radical (unpaired) electrons. The number of benzene rings is 1. The van der Waals surface area contributed by atoms with Gasteiger partial charge in [-0.25, -0.2) is 0 Å². The van der Waals surface area contributed by atoms with Crippen molar-refractivity contribution in [2.45, 2.75) is 52.6 Å². The molecule has 0 amide bonds. The van der Waals surface area contributed by atoms with Crippen molar-refractivity contribution in [3.05, 3.63) is 47.5 Å². The third-order valence-corrected chi connectivity index (χ3v) is 4.14. The summed E-state index contributed by atoms with van der Waals surface area (Å²) in [5.74, 6) is 0. The van der Waals surface area contributed by atoms with Gasteiger partial charge in [0.05, 0.1) is 0 Å². The standard InChI is InChI=1S/C17H25N/c1-14-9-10-16(17(2,3)12-11-14)18-13-15-7-5-4-6-8-15/h4-8,11,16,18H,9-10,12-13H2,1-3H3. The Morgan fingerprint density at radius 1 is 1.22 bits per heavy atom. The van der Waals surface area contributed by atoms with Gasteiger partial charge in [0.2, 0.25) is 0 Å². The summed E-state index contributed by atoms with van der Waals surface area (Å²) < 4.78 is 0. The minimum atomic E-state index is 0.354. The second kappa shape index (κ2) is 5.71. The minimum Gasteiger partial charge on any atom is -0.309 e. The molecule has 0 saturated carbocycles. The van der Waals surface area contributed by atoms with Gasteiger partial charge < -0.3 is 5.32 Å². The van der Waals surface area contributed by atoms with E-state index in [1.165, 1.54) is 24.8 Å². The van der Waals surface area contributed by atoms with Crippen LogP contribution in [-0.4, -0.2) is 6.04 Å². The molecular weight excluding hydrogens is 218 g/mol. The summed E-state index contributed by atoms with van der Waals surface area (Å²) in [5.41, 5.74) is 3.28. The maximum absolute atomic E-state index is 3.76. The molecule has 1 nitrogen and oxygen atoms in total. The lowest BCUT2D eigenvalue weighted by molar-refractivity contribution is 0.235. The first-order valence-electron chi connectivity index (χ1n) is 7.01. The second-order valence-corrected chi connectivity index (χ2v) is 6.20. The Morgan fingerprint density at radius 2 is 1.94 bits per heavy atom. The van der Waals surface area contributed by atoms with E-state index in [2.05, 4.69) is 62.5 Å². The molecular formula is C17H25N. The molecule has 0 aromatic heterocycles. The largest absolute Gasteiger partial charge is 0.309 e. The summed E-state index contributed by atoms with van der Waals surface area (Å²) in [6, 6.07) is 11.3. The van der Waals surface area contributed by atoms with Gasteiger partial charge >= 0.3 is 0 Å². The minimum absolute atomic E-state index is 0.354. The topological polar surface area (TPSA) is 12.0 Å². The van der Waals surface area contributed by atoms with Crippen LogP contribution in [0.3, 0.4) is 0 Å². The zero-order valence-corrected chi connectivity index (χ0v) is 11.9. The van der Waals surface area contributed by atoms with E-state index in [1.54, 1.807) is 5.57 Å². The number of allylic oxidation sites excluding steroid dienone is 2. The lowest BCUT2D eigenvalue weighted by Crippen LogP contribution is -2.40. The van der Waals surface area contributed by atoms with E-state index >= 15 is 0 Å². The summed E-state index contributed by atoms with van der Waals surface area (Å²) >= 11 is 0. The van der Waals surface area contributed by atoms with E-state index in [9.17, 15) is 0 Å². The van der Waals surface area contributed by atoms with Crippen molar-refractivity contribution in [2.75, 3.05) is 0 Å². The molecule has 0 aliphatic heterocycles. The molecule has 18 heavy (non-hydrogen) atoms. The van der Waals surface area contributed by atoms with Crippen molar-refractivity contribution in [3.63, 3.8) is 0 Å². The predicted molar refractivity (Wildman–Crippen MR) is 78.5 cm³/mol. The van der Waals surface area contributed by atoms with Crippen molar-refractivity contribution >= 4 is 0 Å². The van der Waals surface area contributed by atoms with Gasteiger partial charge in [0, 0.05) is 12.6 Å². The van der Waals surface area contributed by atoms with E-state index in [4.69, 9.17) is 0 Å². The van der Waals surface area contributed by atoms with Gasteiger partial charge in [0.15, 0.2) is 0 Å². The van der Waals surface area contributed by atoms with Crippen molar-refractivity contribution in [2.24, 2.45) is 5.41 Å². The van der Waals surface area contributed by atoms with Gasteiger partial charge in [-0.15, -0.1) is 0 Å². The molecule has 0 heterocycles. The first-order chi connectivity index (χ1) is 8.58. The summed E-state index contributed by atoms with van der Waals surface area (Å²) in [6.45, 7) is 8.00. The third kappa shape index (κ3) is 3.46. The first kappa shape index (κ1) is 13.4. The molecule has 1 heteroatoms. The van der Waals surface area contributed by atoms with E-state index in [1.807, 2.05) is 0 Å². The Labute approximate surface area is 111 Å². The molecule has 1 aromatic rings. The Hall–Kier alpha value is -1.08. The average molecular weight is 243 g/mol. The van der Waals surface area contributed by atoms with Gasteiger partial charge in [0.25, 0.3) is 0 Å². The number of hydrogen-bond donors (Lipinski definition) is 1. The number of nitrogens with one attached hydrogen (secondary N) is 1. The van der Waals surface area contributed by atoms with Crippen LogP contribution in [0.1, 0.15) is 45.6 Å². The first-order valence-corrected chi connectivity index (χ1v) is 7.01. The van der Waals surface area contributed by atoms with Crippen LogP contribution in [0.15, 0.2) is 42.0 Å². The van der Waals surface area contributed by atoms with E-state index in [0.717, 1.165) is 6.54 Å². The second-order valence-electron chi connectivity index (χ2n) is 6.20. The van der Waals surface area contributed by atoms with Crippen LogP contribution in [0.2, 0.25) is 0 Å². The molecule has 1 unspecified atom stereocenters. The molecule has 1 aliphatic carbocycles. The van der Waals surface area contributed by atoms with Crippen LogP contribution in [0, 0.1) is 5.41 Å². The Balaban J connectivity index is 1.96. The van der Waals surface area contributed by atoms with Gasteiger partial charge in [-0.05, 0) is 37.2 Å². The smallest absolute Gasteiger partial charge is 0.0208 e. The van der Waals surface area contributed by atoms with E-state index in [-0.39, 0.29) is 0 Å². The highest BCUT2D eigenvalue weighted by Gasteiger charge is 2.29. The molecule has 0 spiro atoms. The van der Waals surface area contributed by atoms with Crippen molar-refractivity contribution < 1.29 is 0 Å². The molecule has 1 atom stereocenters. The van der Waals surface area contributed by atoms with Crippen LogP contribution in [0.25, 0.3) is 0 Å². The number of hydrogen-bond acceptors (Lipinski definition) is 1. The maximum atomic E-state index is 3.76. The quantitative estimate of drug-likeness (QED) is 0.780. The fourth-order valence-electron chi connectivity index (χ4n) is 2.66. The van der Waals surface area contributed by atoms with Crippen molar-refractivity contribution in [1.82, 2.24) is 5.32 Å². The summed E-state index contributed by atoms with van der Waals surface area (Å²) in [4.78, 5) is 0. The lowest BCUT2D eigenvalue weighted by atomic mass is 9.80. The molecule has 0 saturated heterocycles. The monoisotopic (exact) mass is 243 g/mol. The van der Waals surface area contributed by atoms with Gasteiger partial charge in [-0.3, -0.25) is 0 Å². The highest BCUT2D eigenvalue weighted by Crippen LogP contribution is 2.33. The molecule has 1 aliphatic rings. The van der Waals surface area contributed by atoms with Gasteiger partial charge in [-0.2, -0.15) is 0 Å². The fraction of sp³-hybridized carbons (Fsp3) is 0.529.